The molecular formula is C23H21IN2O5S. The van der Waals surface area contributed by atoms with Crippen molar-refractivity contribution in [2.24, 2.45) is 0 Å². The Balaban J connectivity index is 1.47. The van der Waals surface area contributed by atoms with Crippen LogP contribution in [0.5, 0.6) is 11.5 Å². The van der Waals surface area contributed by atoms with Crippen molar-refractivity contribution >= 4 is 44.2 Å². The van der Waals surface area contributed by atoms with Gasteiger partial charge in [0.15, 0.2) is 11.5 Å². The van der Waals surface area contributed by atoms with Crippen LogP contribution in [0.15, 0.2) is 83.8 Å². The van der Waals surface area contributed by atoms with Gasteiger partial charge >= 0.3 is 0 Å². The molecule has 7 nitrogen and oxygen atoms in total. The summed E-state index contributed by atoms with van der Waals surface area (Å²) < 4.78 is 40.2. The maximum atomic E-state index is 13.3. The summed E-state index contributed by atoms with van der Waals surface area (Å²) in [5.74, 6) is 0.838. The van der Waals surface area contributed by atoms with Crippen molar-refractivity contribution in [2.75, 3.05) is 24.0 Å². The molecule has 1 unspecified atom stereocenters. The summed E-state index contributed by atoms with van der Waals surface area (Å²) in [6, 6.07) is 22.3. The number of ether oxygens (including phenoxy) is 2. The Labute approximate surface area is 200 Å². The molecule has 0 aromatic heterocycles. The SMILES string of the molecule is O=C(CN(c1ccc(I)cc1)S(=O)(=O)c1ccccc1)NCC1COc2ccccc2O1. The van der Waals surface area contributed by atoms with Crippen LogP contribution in [0.1, 0.15) is 0 Å². The summed E-state index contributed by atoms with van der Waals surface area (Å²) in [6.07, 6.45) is -0.369. The van der Waals surface area contributed by atoms with Gasteiger partial charge in [-0.15, -0.1) is 0 Å². The van der Waals surface area contributed by atoms with E-state index in [4.69, 9.17) is 9.47 Å². The predicted octanol–water partition coefficient (Wildman–Crippen LogP) is 3.44. The van der Waals surface area contributed by atoms with Crippen LogP contribution in [-0.4, -0.2) is 40.1 Å². The number of sulfonamides is 1. The van der Waals surface area contributed by atoms with E-state index in [1.807, 2.05) is 18.2 Å². The third-order valence-corrected chi connectivity index (χ3v) is 7.33. The summed E-state index contributed by atoms with van der Waals surface area (Å²) in [5, 5.41) is 2.77. The van der Waals surface area contributed by atoms with E-state index >= 15 is 0 Å². The fourth-order valence-electron chi connectivity index (χ4n) is 3.22. The van der Waals surface area contributed by atoms with E-state index in [9.17, 15) is 13.2 Å². The first kappa shape index (κ1) is 22.4. The number of hydrogen-bond acceptors (Lipinski definition) is 5. The Morgan fingerprint density at radius 1 is 0.969 bits per heavy atom. The molecule has 0 fully saturated rings. The highest BCUT2D eigenvalue weighted by molar-refractivity contribution is 14.1. The van der Waals surface area contributed by atoms with E-state index < -0.39 is 15.9 Å². The Hall–Kier alpha value is -2.79. The molecule has 9 heteroatoms. The minimum absolute atomic E-state index is 0.118. The summed E-state index contributed by atoms with van der Waals surface area (Å²) in [5.41, 5.74) is 0.413. The summed E-state index contributed by atoms with van der Waals surface area (Å²) in [4.78, 5) is 12.9. The summed E-state index contributed by atoms with van der Waals surface area (Å²) in [6.45, 7) is 0.126. The molecule has 0 spiro atoms. The molecule has 4 rings (SSSR count). The number of rotatable bonds is 7. The molecule has 0 bridgehead atoms. The summed E-state index contributed by atoms with van der Waals surface area (Å²) in [7, 11) is -3.93. The van der Waals surface area contributed by atoms with Gasteiger partial charge in [-0.3, -0.25) is 9.10 Å². The molecule has 1 heterocycles. The molecule has 1 N–H and O–H groups in total. The minimum atomic E-state index is -3.93. The van der Waals surface area contributed by atoms with Gasteiger partial charge in [0.25, 0.3) is 10.0 Å². The second-order valence-electron chi connectivity index (χ2n) is 7.10. The highest BCUT2D eigenvalue weighted by atomic mass is 127. The van der Waals surface area contributed by atoms with Crippen LogP contribution in [0, 0.1) is 3.57 Å². The quantitative estimate of drug-likeness (QED) is 0.445. The smallest absolute Gasteiger partial charge is 0.264 e. The maximum Gasteiger partial charge on any atom is 0.264 e. The first-order valence-corrected chi connectivity index (χ1v) is 12.4. The van der Waals surface area contributed by atoms with Crippen LogP contribution in [0.3, 0.4) is 0 Å². The lowest BCUT2D eigenvalue weighted by molar-refractivity contribution is -0.120. The lowest BCUT2D eigenvalue weighted by atomic mass is 10.2. The lowest BCUT2D eigenvalue weighted by Gasteiger charge is -2.27. The molecule has 0 aliphatic carbocycles. The van der Waals surface area contributed by atoms with Gasteiger partial charge < -0.3 is 14.8 Å². The van der Waals surface area contributed by atoms with Crippen LogP contribution in [0.4, 0.5) is 5.69 Å². The largest absolute Gasteiger partial charge is 0.486 e. The average Bonchev–Trinajstić information content (AvgIpc) is 2.82. The number of para-hydroxylation sites is 2. The highest BCUT2D eigenvalue weighted by Crippen LogP contribution is 2.30. The van der Waals surface area contributed by atoms with Crippen LogP contribution in [0.2, 0.25) is 0 Å². The molecule has 32 heavy (non-hydrogen) atoms. The van der Waals surface area contributed by atoms with E-state index in [1.54, 1.807) is 48.5 Å². The average molecular weight is 564 g/mol. The van der Waals surface area contributed by atoms with Gasteiger partial charge in [-0.05, 0) is 71.1 Å². The number of amides is 1. The summed E-state index contributed by atoms with van der Waals surface area (Å²) >= 11 is 2.14. The number of hydrogen-bond donors (Lipinski definition) is 1. The van der Waals surface area contributed by atoms with E-state index in [0.717, 1.165) is 7.88 Å². The molecule has 1 amide bonds. The maximum absolute atomic E-state index is 13.3. The van der Waals surface area contributed by atoms with E-state index in [2.05, 4.69) is 27.9 Å². The van der Waals surface area contributed by atoms with Gasteiger partial charge in [0.1, 0.15) is 19.3 Å². The topological polar surface area (TPSA) is 84.9 Å². The molecular weight excluding hydrogens is 543 g/mol. The minimum Gasteiger partial charge on any atom is -0.486 e. The molecule has 3 aromatic carbocycles. The Kier molecular flexibility index (Phi) is 6.85. The lowest BCUT2D eigenvalue weighted by Crippen LogP contribution is -2.45. The first-order valence-electron chi connectivity index (χ1n) is 9.92. The van der Waals surface area contributed by atoms with Crippen molar-refractivity contribution in [1.82, 2.24) is 5.32 Å². The molecule has 3 aromatic rings. The molecule has 1 aliphatic rings. The van der Waals surface area contributed by atoms with Crippen LogP contribution >= 0.6 is 22.6 Å². The third kappa shape index (κ3) is 5.16. The fraction of sp³-hybridized carbons (Fsp3) is 0.174. The van der Waals surface area contributed by atoms with Crippen molar-refractivity contribution < 1.29 is 22.7 Å². The normalized spacial score (nSPS) is 15.1. The number of nitrogens with zero attached hydrogens (tertiary/aromatic N) is 1. The molecule has 1 atom stereocenters. The van der Waals surface area contributed by atoms with Crippen LogP contribution in [-0.2, 0) is 14.8 Å². The van der Waals surface area contributed by atoms with Gasteiger partial charge in [-0.1, -0.05) is 30.3 Å². The standard InChI is InChI=1S/C23H21IN2O5S/c24-17-10-12-18(13-11-17)26(32(28,29)20-6-2-1-3-7-20)15-23(27)25-14-19-16-30-21-8-4-5-9-22(21)31-19/h1-13,19H,14-16H2,(H,25,27). The zero-order valence-corrected chi connectivity index (χ0v) is 20.0. The highest BCUT2D eigenvalue weighted by Gasteiger charge is 2.28. The number of carbonyl (C=O) groups is 1. The molecule has 1 aliphatic heterocycles. The van der Waals surface area contributed by atoms with Crippen molar-refractivity contribution in [3.05, 3.63) is 82.4 Å². The van der Waals surface area contributed by atoms with Gasteiger partial charge in [-0.25, -0.2) is 8.42 Å². The van der Waals surface area contributed by atoms with Gasteiger partial charge in [0.05, 0.1) is 17.1 Å². The number of halogens is 1. The molecule has 0 saturated carbocycles. The number of fused-ring (bicyclic) bond motifs is 1. The Morgan fingerprint density at radius 2 is 1.62 bits per heavy atom. The van der Waals surface area contributed by atoms with Gasteiger partial charge in [-0.2, -0.15) is 0 Å². The second-order valence-corrected chi connectivity index (χ2v) is 10.2. The molecule has 0 saturated heterocycles. The number of benzene rings is 3. The number of nitrogens with one attached hydrogen (secondary N) is 1. The zero-order chi connectivity index (χ0) is 22.6. The Morgan fingerprint density at radius 3 is 2.34 bits per heavy atom. The zero-order valence-electron chi connectivity index (χ0n) is 17.0. The van der Waals surface area contributed by atoms with E-state index in [-0.39, 0.29) is 24.1 Å². The monoisotopic (exact) mass is 564 g/mol. The number of carbonyl (C=O) groups excluding carboxylic acids is 1. The fourth-order valence-corrected chi connectivity index (χ4v) is 5.02. The van der Waals surface area contributed by atoms with Crippen molar-refractivity contribution in [1.29, 1.82) is 0 Å². The first-order chi connectivity index (χ1) is 15.4. The second kappa shape index (κ2) is 9.78. The van der Waals surface area contributed by atoms with Crippen molar-refractivity contribution in [3.63, 3.8) is 0 Å². The predicted molar refractivity (Wildman–Crippen MR) is 129 cm³/mol. The van der Waals surface area contributed by atoms with Gasteiger partial charge in [0.2, 0.25) is 5.91 Å². The van der Waals surface area contributed by atoms with Crippen LogP contribution < -0.4 is 19.1 Å². The molecule has 166 valence electrons. The van der Waals surface area contributed by atoms with Gasteiger partial charge in [0, 0.05) is 3.57 Å². The third-order valence-electron chi connectivity index (χ3n) is 4.83. The molecule has 0 radical (unpaired) electrons. The van der Waals surface area contributed by atoms with Crippen molar-refractivity contribution in [3.8, 4) is 11.5 Å². The van der Waals surface area contributed by atoms with Crippen molar-refractivity contribution in [2.45, 2.75) is 11.0 Å². The van der Waals surface area contributed by atoms with Crippen LogP contribution in [0.25, 0.3) is 0 Å². The van der Waals surface area contributed by atoms with E-state index in [0.29, 0.717) is 23.8 Å². The Bertz CT molecular complexity index is 1190. The number of anilines is 1. The van der Waals surface area contributed by atoms with E-state index in [1.165, 1.54) is 12.1 Å².